The highest BCUT2D eigenvalue weighted by atomic mass is 16.5. The molecule has 0 saturated carbocycles. The highest BCUT2D eigenvalue weighted by molar-refractivity contribution is 5.79. The number of hydrogen-bond donors (Lipinski definition) is 1. The van der Waals surface area contributed by atoms with E-state index in [1.54, 1.807) is 0 Å². The maximum absolute atomic E-state index is 11.4. The minimum absolute atomic E-state index is 0.151. The fourth-order valence-corrected chi connectivity index (χ4v) is 2.45. The lowest BCUT2D eigenvalue weighted by atomic mass is 9.92. The summed E-state index contributed by atoms with van der Waals surface area (Å²) in [5.74, 6) is 0.448. The van der Waals surface area contributed by atoms with Crippen molar-refractivity contribution in [1.29, 1.82) is 0 Å². The Morgan fingerprint density at radius 3 is 2.70 bits per heavy atom. The maximum atomic E-state index is 11.4. The first-order chi connectivity index (χ1) is 9.46. The van der Waals surface area contributed by atoms with E-state index in [0.717, 1.165) is 19.6 Å². The van der Waals surface area contributed by atoms with Gasteiger partial charge in [-0.2, -0.15) is 0 Å². The van der Waals surface area contributed by atoms with Gasteiger partial charge in [0, 0.05) is 25.5 Å². The number of rotatable bonds is 5. The van der Waals surface area contributed by atoms with Gasteiger partial charge in [0.05, 0.1) is 6.61 Å². The average molecular weight is 275 g/mol. The Morgan fingerprint density at radius 1 is 1.30 bits per heavy atom. The summed E-state index contributed by atoms with van der Waals surface area (Å²) in [5.41, 5.74) is 2.77. The molecule has 3 heteroatoms. The predicted octanol–water partition coefficient (Wildman–Crippen LogP) is 3.24. The zero-order chi connectivity index (χ0) is 14.6. The van der Waals surface area contributed by atoms with E-state index in [1.165, 1.54) is 11.1 Å². The first kappa shape index (κ1) is 15.0. The lowest BCUT2D eigenvalue weighted by Gasteiger charge is -2.19. The maximum Gasteiger partial charge on any atom is 0.220 e. The fourth-order valence-electron chi connectivity index (χ4n) is 2.45. The topological polar surface area (TPSA) is 38.3 Å². The number of carbonyl (C=O) groups is 1. The molecule has 1 heterocycles. The molecule has 1 aromatic rings. The van der Waals surface area contributed by atoms with E-state index < -0.39 is 0 Å². The molecule has 1 aliphatic rings. The van der Waals surface area contributed by atoms with Crippen molar-refractivity contribution in [3.63, 3.8) is 0 Å². The first-order valence-electron chi connectivity index (χ1n) is 7.38. The largest absolute Gasteiger partial charge is 0.377 e. The van der Waals surface area contributed by atoms with Crippen molar-refractivity contribution in [2.24, 2.45) is 5.41 Å². The molecule has 1 N–H and O–H groups in total. The Bertz CT molecular complexity index is 462. The van der Waals surface area contributed by atoms with Gasteiger partial charge in [0.1, 0.15) is 0 Å². The summed E-state index contributed by atoms with van der Waals surface area (Å²) < 4.78 is 5.82. The fraction of sp³-hybridized carbons (Fsp3) is 0.588. The van der Waals surface area contributed by atoms with E-state index in [4.69, 9.17) is 4.74 Å². The molecular formula is C17H25NO2. The molecule has 1 amide bonds. The lowest BCUT2D eigenvalue weighted by molar-refractivity contribution is -0.119. The van der Waals surface area contributed by atoms with Gasteiger partial charge >= 0.3 is 0 Å². The molecule has 0 aromatic heterocycles. The smallest absolute Gasteiger partial charge is 0.220 e. The molecule has 110 valence electrons. The van der Waals surface area contributed by atoms with E-state index in [-0.39, 0.29) is 5.91 Å². The zero-order valence-electron chi connectivity index (χ0n) is 12.7. The monoisotopic (exact) mass is 275 g/mol. The zero-order valence-corrected chi connectivity index (χ0v) is 12.7. The predicted molar refractivity (Wildman–Crippen MR) is 80.5 cm³/mol. The van der Waals surface area contributed by atoms with Crippen LogP contribution in [0.2, 0.25) is 0 Å². The van der Waals surface area contributed by atoms with E-state index in [0.29, 0.717) is 24.4 Å². The van der Waals surface area contributed by atoms with Crippen LogP contribution < -0.4 is 5.32 Å². The molecule has 2 rings (SSSR count). The Balaban J connectivity index is 1.93. The molecule has 20 heavy (non-hydrogen) atoms. The summed E-state index contributed by atoms with van der Waals surface area (Å²) in [5, 5.41) is 2.90. The lowest BCUT2D eigenvalue weighted by Crippen LogP contribution is -2.14. The second kappa shape index (κ2) is 6.40. The standard InChI is InChI=1S/C17H25NO2/c1-17(2,3)8-9-20-12-13-6-4-5-7-15(13)14-10-16(19)18-11-14/h4-7,14H,8-12H2,1-3H3,(H,18,19). The van der Waals surface area contributed by atoms with Crippen molar-refractivity contribution in [2.45, 2.75) is 46.1 Å². The van der Waals surface area contributed by atoms with Gasteiger partial charge in [-0.25, -0.2) is 0 Å². The summed E-state index contributed by atoms with van der Waals surface area (Å²) in [6.45, 7) is 8.83. The molecule has 1 aliphatic heterocycles. The molecule has 1 atom stereocenters. The van der Waals surface area contributed by atoms with Crippen LogP contribution in [0.5, 0.6) is 0 Å². The Labute approximate surface area is 121 Å². The van der Waals surface area contributed by atoms with Crippen molar-refractivity contribution in [2.75, 3.05) is 13.2 Å². The highest BCUT2D eigenvalue weighted by Crippen LogP contribution is 2.27. The van der Waals surface area contributed by atoms with Gasteiger partial charge in [0.25, 0.3) is 0 Å². The molecular weight excluding hydrogens is 250 g/mol. The van der Waals surface area contributed by atoms with Crippen LogP contribution in [-0.2, 0) is 16.1 Å². The molecule has 0 aliphatic carbocycles. The van der Waals surface area contributed by atoms with Crippen molar-refractivity contribution >= 4 is 5.91 Å². The van der Waals surface area contributed by atoms with Crippen LogP contribution in [0.3, 0.4) is 0 Å². The third-order valence-electron chi connectivity index (χ3n) is 3.73. The number of hydrogen-bond acceptors (Lipinski definition) is 2. The number of carbonyl (C=O) groups excluding carboxylic acids is 1. The number of amides is 1. The Morgan fingerprint density at radius 2 is 2.05 bits per heavy atom. The van der Waals surface area contributed by atoms with E-state index in [2.05, 4.69) is 38.2 Å². The van der Waals surface area contributed by atoms with Gasteiger partial charge in [-0.1, -0.05) is 45.0 Å². The normalized spacial score (nSPS) is 19.1. The molecule has 1 unspecified atom stereocenters. The average Bonchev–Trinajstić information content (AvgIpc) is 2.81. The summed E-state index contributed by atoms with van der Waals surface area (Å²) >= 11 is 0. The molecule has 3 nitrogen and oxygen atoms in total. The van der Waals surface area contributed by atoms with Crippen molar-refractivity contribution in [3.8, 4) is 0 Å². The summed E-state index contributed by atoms with van der Waals surface area (Å²) in [7, 11) is 0. The molecule has 0 spiro atoms. The number of benzene rings is 1. The van der Waals surface area contributed by atoms with Crippen LogP contribution in [0.1, 0.15) is 50.7 Å². The molecule has 0 bridgehead atoms. The minimum atomic E-state index is 0.151. The van der Waals surface area contributed by atoms with E-state index >= 15 is 0 Å². The SMILES string of the molecule is CC(C)(C)CCOCc1ccccc1C1CNC(=O)C1. The number of ether oxygens (including phenoxy) is 1. The first-order valence-corrected chi connectivity index (χ1v) is 7.38. The van der Waals surface area contributed by atoms with Crippen molar-refractivity contribution in [1.82, 2.24) is 5.32 Å². The van der Waals surface area contributed by atoms with Gasteiger partial charge in [0.15, 0.2) is 0 Å². The van der Waals surface area contributed by atoms with Gasteiger partial charge in [-0.15, -0.1) is 0 Å². The second-order valence-corrected chi connectivity index (χ2v) is 6.77. The van der Waals surface area contributed by atoms with Gasteiger partial charge < -0.3 is 10.1 Å². The van der Waals surface area contributed by atoms with Crippen LogP contribution in [0.15, 0.2) is 24.3 Å². The van der Waals surface area contributed by atoms with Crippen LogP contribution in [0.25, 0.3) is 0 Å². The van der Waals surface area contributed by atoms with Crippen molar-refractivity contribution < 1.29 is 9.53 Å². The Hall–Kier alpha value is -1.35. The van der Waals surface area contributed by atoms with Gasteiger partial charge in [0.2, 0.25) is 5.91 Å². The third-order valence-corrected chi connectivity index (χ3v) is 3.73. The second-order valence-electron chi connectivity index (χ2n) is 6.77. The quantitative estimate of drug-likeness (QED) is 0.838. The molecule has 1 fully saturated rings. The highest BCUT2D eigenvalue weighted by Gasteiger charge is 2.24. The summed E-state index contributed by atoms with van der Waals surface area (Å²) in [4.78, 5) is 11.4. The third kappa shape index (κ3) is 4.34. The summed E-state index contributed by atoms with van der Waals surface area (Å²) in [6, 6.07) is 8.30. The van der Waals surface area contributed by atoms with E-state index in [1.807, 2.05) is 12.1 Å². The minimum Gasteiger partial charge on any atom is -0.377 e. The molecule has 1 saturated heterocycles. The Kier molecular flexibility index (Phi) is 4.81. The molecule has 0 radical (unpaired) electrons. The van der Waals surface area contributed by atoms with E-state index in [9.17, 15) is 4.79 Å². The van der Waals surface area contributed by atoms with Crippen LogP contribution in [-0.4, -0.2) is 19.1 Å². The molecule has 1 aromatic carbocycles. The van der Waals surface area contributed by atoms with Crippen LogP contribution in [0.4, 0.5) is 0 Å². The number of nitrogens with one attached hydrogen (secondary N) is 1. The summed E-state index contributed by atoms with van der Waals surface area (Å²) in [6.07, 6.45) is 1.65. The van der Waals surface area contributed by atoms with Crippen molar-refractivity contribution in [3.05, 3.63) is 35.4 Å². The van der Waals surface area contributed by atoms with Crippen LogP contribution >= 0.6 is 0 Å². The van der Waals surface area contributed by atoms with Crippen LogP contribution in [0, 0.1) is 5.41 Å². The van der Waals surface area contributed by atoms with Gasteiger partial charge in [-0.3, -0.25) is 4.79 Å². The van der Waals surface area contributed by atoms with Gasteiger partial charge in [-0.05, 0) is 23.0 Å².